The molecule has 20 heavy (non-hydrogen) atoms. The highest BCUT2D eigenvalue weighted by Crippen LogP contribution is 2.21. The van der Waals surface area contributed by atoms with E-state index in [1.807, 2.05) is 0 Å². The van der Waals surface area contributed by atoms with Crippen LogP contribution in [-0.2, 0) is 6.54 Å². The maximum absolute atomic E-state index is 5.63. The van der Waals surface area contributed by atoms with E-state index < -0.39 is 0 Å². The molecule has 1 saturated heterocycles. The Hall–Kier alpha value is -1.07. The van der Waals surface area contributed by atoms with Crippen LogP contribution in [0.3, 0.4) is 0 Å². The molecule has 0 spiro atoms. The monoisotopic (exact) mass is 280 g/mol. The minimum Gasteiger partial charge on any atom is -0.432 e. The molecule has 2 heterocycles. The molecule has 0 unspecified atom stereocenters. The van der Waals surface area contributed by atoms with Crippen LogP contribution in [0.4, 0.5) is 6.01 Å². The Kier molecular flexibility index (Phi) is 5.43. The van der Waals surface area contributed by atoms with Gasteiger partial charge in [0.1, 0.15) is 6.26 Å². The van der Waals surface area contributed by atoms with Crippen molar-refractivity contribution in [2.45, 2.75) is 52.2 Å². The van der Waals surface area contributed by atoms with Crippen LogP contribution in [0, 0.1) is 0 Å². The predicted octanol–water partition coefficient (Wildman–Crippen LogP) is 2.09. The fourth-order valence-corrected chi connectivity index (χ4v) is 2.63. The molecular weight excluding hydrogens is 252 g/mol. The average Bonchev–Trinajstić information content (AvgIpc) is 2.93. The van der Waals surface area contributed by atoms with Gasteiger partial charge in [-0.05, 0) is 19.4 Å². The normalized spacial score (nSPS) is 17.9. The zero-order valence-corrected chi connectivity index (χ0v) is 13.2. The van der Waals surface area contributed by atoms with Crippen LogP contribution in [0.15, 0.2) is 10.7 Å². The number of hydrogen-bond donors (Lipinski definition) is 1. The van der Waals surface area contributed by atoms with Crippen molar-refractivity contribution in [1.82, 2.24) is 15.2 Å². The molecule has 0 aliphatic carbocycles. The zero-order valence-electron chi connectivity index (χ0n) is 13.2. The van der Waals surface area contributed by atoms with Gasteiger partial charge >= 0.3 is 0 Å². The lowest BCUT2D eigenvalue weighted by Crippen LogP contribution is -2.43. The molecule has 114 valence electrons. The standard InChI is InChI=1S/C15H28N4O/c1-5-19-8-6-14(7-9-19)18(4)15-17-13(11-20-15)10-16-12(2)3/h11-12,14,16H,5-10H2,1-4H3. The van der Waals surface area contributed by atoms with Crippen molar-refractivity contribution >= 4 is 6.01 Å². The average molecular weight is 280 g/mol. The molecule has 1 fully saturated rings. The first-order valence-electron chi connectivity index (χ1n) is 7.73. The van der Waals surface area contributed by atoms with E-state index >= 15 is 0 Å². The molecule has 5 nitrogen and oxygen atoms in total. The van der Waals surface area contributed by atoms with Crippen LogP contribution < -0.4 is 10.2 Å². The summed E-state index contributed by atoms with van der Waals surface area (Å²) in [5.74, 6) is 0. The highest BCUT2D eigenvalue weighted by molar-refractivity contribution is 5.27. The summed E-state index contributed by atoms with van der Waals surface area (Å²) in [6.45, 7) is 10.8. The Morgan fingerprint density at radius 1 is 1.45 bits per heavy atom. The lowest BCUT2D eigenvalue weighted by Gasteiger charge is -2.35. The van der Waals surface area contributed by atoms with E-state index in [4.69, 9.17) is 4.42 Å². The molecule has 0 saturated carbocycles. The summed E-state index contributed by atoms with van der Waals surface area (Å²) in [5.41, 5.74) is 0.978. The largest absolute Gasteiger partial charge is 0.432 e. The predicted molar refractivity (Wildman–Crippen MR) is 82.0 cm³/mol. The van der Waals surface area contributed by atoms with Gasteiger partial charge in [-0.1, -0.05) is 20.8 Å². The number of piperidine rings is 1. The van der Waals surface area contributed by atoms with Gasteiger partial charge in [0, 0.05) is 38.8 Å². The Bertz CT molecular complexity index is 396. The van der Waals surface area contributed by atoms with Crippen LogP contribution in [0.1, 0.15) is 39.3 Å². The molecule has 1 aliphatic rings. The van der Waals surface area contributed by atoms with Crippen molar-refractivity contribution in [2.24, 2.45) is 0 Å². The third-order valence-corrected chi connectivity index (χ3v) is 4.08. The number of likely N-dealkylation sites (tertiary alicyclic amines) is 1. The van der Waals surface area contributed by atoms with Gasteiger partial charge in [0.15, 0.2) is 0 Å². The van der Waals surface area contributed by atoms with Crippen molar-refractivity contribution in [3.63, 3.8) is 0 Å². The minimum absolute atomic E-state index is 0.464. The van der Waals surface area contributed by atoms with Crippen molar-refractivity contribution in [3.8, 4) is 0 Å². The van der Waals surface area contributed by atoms with Gasteiger partial charge in [0.25, 0.3) is 6.01 Å². The third kappa shape index (κ3) is 3.96. The van der Waals surface area contributed by atoms with Gasteiger partial charge in [0.05, 0.1) is 5.69 Å². The first kappa shape index (κ1) is 15.3. The van der Waals surface area contributed by atoms with Crippen LogP contribution in [0.5, 0.6) is 0 Å². The fraction of sp³-hybridized carbons (Fsp3) is 0.800. The van der Waals surface area contributed by atoms with E-state index in [0.29, 0.717) is 12.1 Å². The Balaban J connectivity index is 1.87. The molecule has 0 radical (unpaired) electrons. The summed E-state index contributed by atoms with van der Waals surface area (Å²) in [7, 11) is 2.10. The Labute approximate surface area is 122 Å². The summed E-state index contributed by atoms with van der Waals surface area (Å²) < 4.78 is 5.63. The molecule has 0 aromatic carbocycles. The minimum atomic E-state index is 0.464. The van der Waals surface area contributed by atoms with Crippen molar-refractivity contribution < 1.29 is 4.42 Å². The smallest absolute Gasteiger partial charge is 0.297 e. The topological polar surface area (TPSA) is 44.5 Å². The lowest BCUT2D eigenvalue weighted by molar-refractivity contribution is 0.218. The molecule has 1 aromatic heterocycles. The summed E-state index contributed by atoms with van der Waals surface area (Å²) in [6, 6.07) is 1.76. The molecule has 0 bridgehead atoms. The first-order valence-corrected chi connectivity index (χ1v) is 7.73. The summed E-state index contributed by atoms with van der Waals surface area (Å²) >= 11 is 0. The second-order valence-electron chi connectivity index (χ2n) is 5.93. The van der Waals surface area contributed by atoms with Crippen LogP contribution in [-0.4, -0.2) is 48.6 Å². The highest BCUT2D eigenvalue weighted by atomic mass is 16.4. The number of nitrogens with zero attached hydrogens (tertiary/aromatic N) is 3. The first-order chi connectivity index (χ1) is 9.60. The highest BCUT2D eigenvalue weighted by Gasteiger charge is 2.24. The van der Waals surface area contributed by atoms with E-state index in [0.717, 1.165) is 24.8 Å². The molecule has 1 N–H and O–H groups in total. The molecule has 5 heteroatoms. The number of hydrogen-bond acceptors (Lipinski definition) is 5. The summed E-state index contributed by atoms with van der Waals surface area (Å²) in [6.07, 6.45) is 4.14. The van der Waals surface area contributed by atoms with Gasteiger partial charge in [-0.15, -0.1) is 0 Å². The number of nitrogens with one attached hydrogen (secondary N) is 1. The molecular formula is C15H28N4O. The quantitative estimate of drug-likeness (QED) is 0.864. The molecule has 0 atom stereocenters. The van der Waals surface area contributed by atoms with Gasteiger partial charge in [-0.3, -0.25) is 0 Å². The van der Waals surface area contributed by atoms with E-state index in [2.05, 4.69) is 47.9 Å². The summed E-state index contributed by atoms with van der Waals surface area (Å²) in [4.78, 5) is 9.28. The van der Waals surface area contributed by atoms with Crippen molar-refractivity contribution in [2.75, 3.05) is 31.6 Å². The maximum Gasteiger partial charge on any atom is 0.297 e. The molecule has 2 rings (SSSR count). The van der Waals surface area contributed by atoms with E-state index in [1.165, 1.54) is 25.9 Å². The van der Waals surface area contributed by atoms with Crippen molar-refractivity contribution in [3.05, 3.63) is 12.0 Å². The van der Waals surface area contributed by atoms with Gasteiger partial charge in [0.2, 0.25) is 0 Å². The Morgan fingerprint density at radius 3 is 2.75 bits per heavy atom. The SMILES string of the molecule is CCN1CCC(N(C)c2nc(CNC(C)C)co2)CC1. The van der Waals surface area contributed by atoms with Gasteiger partial charge in [-0.25, -0.2) is 0 Å². The maximum atomic E-state index is 5.63. The lowest BCUT2D eigenvalue weighted by atomic mass is 10.0. The van der Waals surface area contributed by atoms with Crippen molar-refractivity contribution in [1.29, 1.82) is 0 Å². The van der Waals surface area contributed by atoms with Crippen LogP contribution in [0.25, 0.3) is 0 Å². The molecule has 1 aliphatic heterocycles. The third-order valence-electron chi connectivity index (χ3n) is 4.08. The zero-order chi connectivity index (χ0) is 14.5. The number of anilines is 1. The second kappa shape index (κ2) is 7.09. The van der Waals surface area contributed by atoms with Gasteiger partial charge in [-0.2, -0.15) is 4.98 Å². The van der Waals surface area contributed by atoms with Crippen LogP contribution >= 0.6 is 0 Å². The van der Waals surface area contributed by atoms with Gasteiger partial charge < -0.3 is 19.5 Å². The molecule has 1 aromatic rings. The number of rotatable bonds is 6. The number of aromatic nitrogens is 1. The van der Waals surface area contributed by atoms with E-state index in [-0.39, 0.29) is 0 Å². The molecule has 0 amide bonds. The second-order valence-corrected chi connectivity index (χ2v) is 5.93. The Morgan fingerprint density at radius 2 is 2.15 bits per heavy atom. The van der Waals surface area contributed by atoms with E-state index in [1.54, 1.807) is 6.26 Å². The summed E-state index contributed by atoms with van der Waals surface area (Å²) in [5, 5.41) is 3.36. The number of oxazole rings is 1. The van der Waals surface area contributed by atoms with Crippen LogP contribution in [0.2, 0.25) is 0 Å². The fourth-order valence-electron chi connectivity index (χ4n) is 2.63. The van der Waals surface area contributed by atoms with E-state index in [9.17, 15) is 0 Å².